The number of rotatable bonds is 5. The van der Waals surface area contributed by atoms with E-state index in [1.807, 2.05) is 13.8 Å². The van der Waals surface area contributed by atoms with Crippen LogP contribution in [0.25, 0.3) is 11.1 Å². The van der Waals surface area contributed by atoms with Crippen molar-refractivity contribution in [1.82, 2.24) is 20.0 Å². The third kappa shape index (κ3) is 3.01. The van der Waals surface area contributed by atoms with Crippen LogP contribution in [0.2, 0.25) is 0 Å². The van der Waals surface area contributed by atoms with E-state index in [1.54, 1.807) is 24.3 Å². The first-order chi connectivity index (χ1) is 11.1. The molecule has 0 radical (unpaired) electrons. The summed E-state index contributed by atoms with van der Waals surface area (Å²) >= 11 is 0. The molecule has 3 rings (SSSR count). The first kappa shape index (κ1) is 15.0. The fraction of sp³-hybridized carbons (Fsp3) is 0.333. The highest BCUT2D eigenvalue weighted by Crippen LogP contribution is 2.12. The summed E-state index contributed by atoms with van der Waals surface area (Å²) in [5.41, 5.74) is 1.11. The number of oxazole rings is 1. The maximum Gasteiger partial charge on any atom is 0.420 e. The van der Waals surface area contributed by atoms with Gasteiger partial charge in [-0.1, -0.05) is 24.2 Å². The number of carbonyl (C=O) groups is 1. The lowest BCUT2D eigenvalue weighted by atomic mass is 10.2. The minimum atomic E-state index is -0.512. The molecule has 8 nitrogen and oxygen atoms in total. The lowest BCUT2D eigenvalue weighted by molar-refractivity contribution is 0.0895. The summed E-state index contributed by atoms with van der Waals surface area (Å²) in [7, 11) is 0. The Morgan fingerprint density at radius 1 is 1.39 bits per heavy atom. The molecule has 120 valence electrons. The van der Waals surface area contributed by atoms with E-state index >= 15 is 0 Å². The van der Waals surface area contributed by atoms with Crippen LogP contribution in [-0.2, 0) is 6.54 Å². The van der Waals surface area contributed by atoms with Crippen molar-refractivity contribution in [1.29, 1.82) is 0 Å². The van der Waals surface area contributed by atoms with Gasteiger partial charge in [0.25, 0.3) is 0 Å². The van der Waals surface area contributed by atoms with Crippen LogP contribution in [0.15, 0.2) is 38.0 Å². The largest absolute Gasteiger partial charge is 0.420 e. The van der Waals surface area contributed by atoms with Crippen LogP contribution in [0, 0.1) is 0 Å². The second-order valence-electron chi connectivity index (χ2n) is 5.22. The highest BCUT2D eigenvalue weighted by atomic mass is 16.5. The third-order valence-electron chi connectivity index (χ3n) is 3.53. The maximum atomic E-state index is 11.9. The van der Waals surface area contributed by atoms with Gasteiger partial charge < -0.3 is 14.3 Å². The van der Waals surface area contributed by atoms with Crippen molar-refractivity contribution in [3.8, 4) is 0 Å². The van der Waals surface area contributed by atoms with Gasteiger partial charge >= 0.3 is 17.6 Å². The summed E-state index contributed by atoms with van der Waals surface area (Å²) in [6.45, 7) is 3.91. The standard InChI is InChI=1S/C15H16N4O4/c1-3-9(2)16-13(20)14-17-12(18-23-14)8-19-10-6-4-5-7-11(10)22-15(19)21/h4-7,9H,3,8H2,1-2H3,(H,16,20)/t9-/m0/s1. The summed E-state index contributed by atoms with van der Waals surface area (Å²) in [6, 6.07) is 7.06. The van der Waals surface area contributed by atoms with Crippen molar-refractivity contribution >= 4 is 17.0 Å². The van der Waals surface area contributed by atoms with Gasteiger partial charge in [0.2, 0.25) is 0 Å². The molecule has 1 atom stereocenters. The first-order valence-corrected chi connectivity index (χ1v) is 7.30. The Morgan fingerprint density at radius 2 is 2.17 bits per heavy atom. The van der Waals surface area contributed by atoms with Gasteiger partial charge in [0.1, 0.15) is 0 Å². The van der Waals surface area contributed by atoms with Crippen LogP contribution in [0.5, 0.6) is 0 Å². The minimum Gasteiger partial charge on any atom is -0.408 e. The molecule has 1 amide bonds. The fourth-order valence-electron chi connectivity index (χ4n) is 2.10. The van der Waals surface area contributed by atoms with Crippen LogP contribution >= 0.6 is 0 Å². The van der Waals surface area contributed by atoms with Crippen LogP contribution in [-0.4, -0.2) is 26.7 Å². The molecule has 0 unspecified atom stereocenters. The Balaban J connectivity index is 1.82. The SMILES string of the molecule is CC[C@H](C)NC(=O)c1nc(Cn2c(=O)oc3ccccc32)no1. The zero-order valence-corrected chi connectivity index (χ0v) is 12.8. The van der Waals surface area contributed by atoms with Gasteiger partial charge in [-0.3, -0.25) is 9.36 Å². The molecule has 1 aromatic carbocycles. The lowest BCUT2D eigenvalue weighted by Crippen LogP contribution is -2.32. The van der Waals surface area contributed by atoms with E-state index in [0.29, 0.717) is 11.1 Å². The quantitative estimate of drug-likeness (QED) is 0.766. The first-order valence-electron chi connectivity index (χ1n) is 7.30. The van der Waals surface area contributed by atoms with Gasteiger partial charge in [-0.05, 0) is 25.5 Å². The zero-order chi connectivity index (χ0) is 16.4. The van der Waals surface area contributed by atoms with Gasteiger partial charge in [-0.25, -0.2) is 4.79 Å². The van der Waals surface area contributed by atoms with E-state index in [0.717, 1.165) is 6.42 Å². The monoisotopic (exact) mass is 316 g/mol. The Labute approximate surface area is 131 Å². The van der Waals surface area contributed by atoms with Crippen LogP contribution in [0.1, 0.15) is 36.8 Å². The van der Waals surface area contributed by atoms with Crippen LogP contribution in [0.3, 0.4) is 0 Å². The van der Waals surface area contributed by atoms with Crippen molar-refractivity contribution in [2.75, 3.05) is 0 Å². The Bertz CT molecular complexity index is 892. The molecule has 0 aliphatic heterocycles. The van der Waals surface area contributed by atoms with Crippen LogP contribution < -0.4 is 11.1 Å². The average Bonchev–Trinajstić information content (AvgIpc) is 3.13. The molecule has 3 aromatic rings. The number of fused-ring (bicyclic) bond motifs is 1. The molecule has 0 saturated heterocycles. The van der Waals surface area contributed by atoms with E-state index < -0.39 is 11.7 Å². The van der Waals surface area contributed by atoms with Gasteiger partial charge in [0, 0.05) is 6.04 Å². The molecule has 0 fully saturated rings. The van der Waals surface area contributed by atoms with E-state index in [-0.39, 0.29) is 24.3 Å². The molecule has 0 spiro atoms. The van der Waals surface area contributed by atoms with Crippen molar-refractivity contribution in [2.24, 2.45) is 0 Å². The summed E-state index contributed by atoms with van der Waals surface area (Å²) in [5, 5.41) is 6.48. The van der Waals surface area contributed by atoms with Gasteiger partial charge in [-0.15, -0.1) is 0 Å². The Hall–Kier alpha value is -2.90. The topological polar surface area (TPSA) is 103 Å². The number of aromatic nitrogens is 3. The molecule has 2 heterocycles. The zero-order valence-electron chi connectivity index (χ0n) is 12.8. The normalized spacial score (nSPS) is 12.4. The fourth-order valence-corrected chi connectivity index (χ4v) is 2.10. The van der Waals surface area contributed by atoms with E-state index in [1.165, 1.54) is 4.57 Å². The number of nitrogens with one attached hydrogen (secondary N) is 1. The number of nitrogens with zero attached hydrogens (tertiary/aromatic N) is 3. The number of carbonyl (C=O) groups excluding carboxylic acids is 1. The molecule has 0 aliphatic rings. The molecule has 0 aliphatic carbocycles. The number of benzene rings is 1. The second kappa shape index (κ2) is 6.07. The summed E-state index contributed by atoms with van der Waals surface area (Å²) < 4.78 is 11.5. The molecule has 23 heavy (non-hydrogen) atoms. The average molecular weight is 316 g/mol. The summed E-state index contributed by atoms with van der Waals surface area (Å²) in [6.07, 6.45) is 0.795. The summed E-state index contributed by atoms with van der Waals surface area (Å²) in [5.74, 6) is -0.835. The van der Waals surface area contributed by atoms with Crippen molar-refractivity contribution < 1.29 is 13.7 Å². The molecular weight excluding hydrogens is 300 g/mol. The van der Waals surface area contributed by atoms with E-state index in [9.17, 15) is 9.59 Å². The lowest BCUT2D eigenvalue weighted by Gasteiger charge is -2.07. The van der Waals surface area contributed by atoms with Gasteiger partial charge in [-0.2, -0.15) is 4.98 Å². The molecule has 1 N–H and O–H groups in total. The molecule has 2 aromatic heterocycles. The second-order valence-corrected chi connectivity index (χ2v) is 5.22. The molecular formula is C15H16N4O4. The third-order valence-corrected chi connectivity index (χ3v) is 3.53. The van der Waals surface area contributed by atoms with Gasteiger partial charge in [0.15, 0.2) is 11.4 Å². The van der Waals surface area contributed by atoms with E-state index in [4.69, 9.17) is 8.94 Å². The minimum absolute atomic E-state index is 0.0123. The predicted octanol–water partition coefficient (Wildman–Crippen LogP) is 1.55. The molecule has 0 saturated carbocycles. The highest BCUT2D eigenvalue weighted by Gasteiger charge is 2.18. The predicted molar refractivity (Wildman–Crippen MR) is 81.1 cm³/mol. The van der Waals surface area contributed by atoms with Crippen molar-refractivity contribution in [2.45, 2.75) is 32.9 Å². The highest BCUT2D eigenvalue weighted by molar-refractivity contribution is 5.89. The van der Waals surface area contributed by atoms with Gasteiger partial charge in [0.05, 0.1) is 12.1 Å². The molecule has 8 heteroatoms. The maximum absolute atomic E-state index is 11.9. The summed E-state index contributed by atoms with van der Waals surface area (Å²) in [4.78, 5) is 27.8. The number of amides is 1. The number of hydrogen-bond acceptors (Lipinski definition) is 6. The number of hydrogen-bond donors (Lipinski definition) is 1. The molecule has 0 bridgehead atoms. The smallest absolute Gasteiger partial charge is 0.408 e. The number of para-hydroxylation sites is 2. The van der Waals surface area contributed by atoms with Crippen LogP contribution in [0.4, 0.5) is 0 Å². The Kier molecular flexibility index (Phi) is 3.96. The van der Waals surface area contributed by atoms with Crippen molar-refractivity contribution in [3.63, 3.8) is 0 Å². The Morgan fingerprint density at radius 3 is 2.96 bits per heavy atom. The van der Waals surface area contributed by atoms with Crippen molar-refractivity contribution in [3.05, 3.63) is 46.5 Å². The van der Waals surface area contributed by atoms with E-state index in [2.05, 4.69) is 15.5 Å².